The highest BCUT2D eigenvalue weighted by Gasteiger charge is 2.29. The molecule has 2 saturated heterocycles. The molecule has 2 heterocycles. The first-order chi connectivity index (χ1) is 15.0. The number of hydrogen-bond donors (Lipinski definition) is 2. The minimum Gasteiger partial charge on any atom is -0.372 e. The van der Waals surface area contributed by atoms with E-state index in [0.717, 1.165) is 6.42 Å². The number of amides is 2. The maximum atomic E-state index is 14.0. The molecule has 2 aromatic carbocycles. The van der Waals surface area contributed by atoms with Crippen LogP contribution in [0.1, 0.15) is 34.9 Å². The van der Waals surface area contributed by atoms with Crippen LogP contribution in [0.2, 0.25) is 5.02 Å². The van der Waals surface area contributed by atoms with Crippen LogP contribution in [-0.4, -0.2) is 44.6 Å². The number of rotatable bonds is 5. The summed E-state index contributed by atoms with van der Waals surface area (Å²) in [6.07, 6.45) is 0.914. The number of nitrogens with zero attached hydrogens (tertiary/aromatic N) is 1. The molecule has 2 aliphatic rings. The average molecular weight is 482 g/mol. The summed E-state index contributed by atoms with van der Waals surface area (Å²) in [4.78, 5) is 26.9. The number of halogens is 3. The van der Waals surface area contributed by atoms with Gasteiger partial charge in [0.2, 0.25) is 5.91 Å². The molecule has 0 bridgehead atoms. The predicted molar refractivity (Wildman–Crippen MR) is 124 cm³/mol. The maximum absolute atomic E-state index is 14.0. The van der Waals surface area contributed by atoms with E-state index in [4.69, 9.17) is 16.3 Å². The minimum absolute atomic E-state index is 0. The van der Waals surface area contributed by atoms with Crippen LogP contribution < -0.4 is 15.5 Å². The number of carbonyl (C=O) groups excluding carboxylic acids is 2. The molecule has 0 radical (unpaired) electrons. The first-order valence-electron chi connectivity index (χ1n) is 10.5. The highest BCUT2D eigenvalue weighted by molar-refractivity contribution is 6.30. The molecule has 0 aromatic heterocycles. The number of benzene rings is 2. The summed E-state index contributed by atoms with van der Waals surface area (Å²) in [7, 11) is 0. The van der Waals surface area contributed by atoms with Crippen molar-refractivity contribution >= 4 is 41.5 Å². The van der Waals surface area contributed by atoms with Crippen molar-refractivity contribution in [2.75, 3.05) is 37.7 Å². The molecule has 6 nitrogen and oxygen atoms in total. The Morgan fingerprint density at radius 1 is 1.28 bits per heavy atom. The largest absolute Gasteiger partial charge is 0.372 e. The van der Waals surface area contributed by atoms with Gasteiger partial charge in [-0.15, -0.1) is 12.4 Å². The Hall–Kier alpha value is -2.19. The van der Waals surface area contributed by atoms with Gasteiger partial charge < -0.3 is 20.3 Å². The minimum atomic E-state index is -0.494. The van der Waals surface area contributed by atoms with E-state index in [-0.39, 0.29) is 41.3 Å². The van der Waals surface area contributed by atoms with Gasteiger partial charge in [0.25, 0.3) is 5.91 Å². The molecular weight excluding hydrogens is 456 g/mol. The molecule has 2 aromatic rings. The van der Waals surface area contributed by atoms with Crippen molar-refractivity contribution < 1.29 is 18.7 Å². The van der Waals surface area contributed by atoms with Crippen molar-refractivity contribution in [2.45, 2.75) is 18.9 Å². The number of ether oxygens (including phenoxy) is 1. The highest BCUT2D eigenvalue weighted by atomic mass is 35.5. The fourth-order valence-corrected chi connectivity index (χ4v) is 4.27. The van der Waals surface area contributed by atoms with Crippen LogP contribution in [-0.2, 0) is 9.53 Å². The van der Waals surface area contributed by atoms with Crippen molar-refractivity contribution in [1.29, 1.82) is 0 Å². The van der Waals surface area contributed by atoms with Crippen molar-refractivity contribution in [3.05, 3.63) is 64.4 Å². The van der Waals surface area contributed by atoms with Crippen molar-refractivity contribution in [3.8, 4) is 0 Å². The zero-order valence-corrected chi connectivity index (χ0v) is 19.1. The molecular formula is C23H26Cl2FN3O3. The third-order valence-corrected chi connectivity index (χ3v) is 6.03. The van der Waals surface area contributed by atoms with Crippen molar-refractivity contribution in [3.63, 3.8) is 0 Å². The summed E-state index contributed by atoms with van der Waals surface area (Å²) in [5.74, 6) is -0.813. The monoisotopic (exact) mass is 481 g/mol. The summed E-state index contributed by atoms with van der Waals surface area (Å²) >= 11 is 5.82. The number of para-hydroxylation sites is 1. The Morgan fingerprint density at radius 3 is 2.84 bits per heavy atom. The van der Waals surface area contributed by atoms with Crippen LogP contribution in [0, 0.1) is 11.7 Å². The lowest BCUT2D eigenvalue weighted by molar-refractivity contribution is -0.117. The Morgan fingerprint density at radius 2 is 2.09 bits per heavy atom. The number of carbonyl (C=O) groups is 2. The zero-order valence-electron chi connectivity index (χ0n) is 17.5. The van der Waals surface area contributed by atoms with Crippen LogP contribution in [0.4, 0.5) is 10.1 Å². The predicted octanol–water partition coefficient (Wildman–Crippen LogP) is 3.73. The summed E-state index contributed by atoms with van der Waals surface area (Å²) < 4.78 is 20.0. The molecule has 2 fully saturated rings. The molecule has 0 aliphatic carbocycles. The second kappa shape index (κ2) is 11.1. The number of nitrogens with one attached hydrogen (secondary N) is 2. The van der Waals surface area contributed by atoms with E-state index in [2.05, 4.69) is 10.6 Å². The first kappa shape index (κ1) is 24.5. The Labute approximate surface area is 197 Å². The van der Waals surface area contributed by atoms with Crippen molar-refractivity contribution in [2.24, 2.45) is 5.92 Å². The van der Waals surface area contributed by atoms with E-state index in [9.17, 15) is 14.0 Å². The van der Waals surface area contributed by atoms with E-state index in [1.807, 2.05) is 6.07 Å². The molecule has 2 atom stereocenters. The lowest BCUT2D eigenvalue weighted by Crippen LogP contribution is -2.37. The van der Waals surface area contributed by atoms with Gasteiger partial charge in [0, 0.05) is 38.5 Å². The third-order valence-electron chi connectivity index (χ3n) is 5.72. The number of anilines is 1. The highest BCUT2D eigenvalue weighted by Crippen LogP contribution is 2.30. The van der Waals surface area contributed by atoms with E-state index >= 15 is 0 Å². The Balaban J connectivity index is 0.00000289. The summed E-state index contributed by atoms with van der Waals surface area (Å²) in [6, 6.07) is 11.8. The van der Waals surface area contributed by atoms with Gasteiger partial charge in [-0.1, -0.05) is 29.8 Å². The van der Waals surface area contributed by atoms with Crippen molar-refractivity contribution in [1.82, 2.24) is 10.6 Å². The first-order valence-corrected chi connectivity index (χ1v) is 10.9. The molecule has 4 rings (SSSR count). The van der Waals surface area contributed by atoms with Gasteiger partial charge in [-0.3, -0.25) is 9.59 Å². The van der Waals surface area contributed by atoms with Crippen LogP contribution in [0.25, 0.3) is 0 Å². The maximum Gasteiger partial charge on any atom is 0.253 e. The van der Waals surface area contributed by atoms with E-state index in [1.54, 1.807) is 29.2 Å². The van der Waals surface area contributed by atoms with Gasteiger partial charge in [0.1, 0.15) is 5.82 Å². The molecule has 32 heavy (non-hydrogen) atoms. The summed E-state index contributed by atoms with van der Waals surface area (Å²) in [5.41, 5.74) is 1.79. The molecule has 9 heteroatoms. The number of hydrogen-bond acceptors (Lipinski definition) is 4. The van der Waals surface area contributed by atoms with E-state index in [0.29, 0.717) is 56.0 Å². The molecule has 0 saturated carbocycles. The van der Waals surface area contributed by atoms with Gasteiger partial charge in [-0.05, 0) is 36.2 Å². The summed E-state index contributed by atoms with van der Waals surface area (Å²) in [6.45, 7) is 2.73. The average Bonchev–Trinajstić information content (AvgIpc) is 3.06. The Bertz CT molecular complexity index is 975. The molecule has 172 valence electrons. The van der Waals surface area contributed by atoms with E-state index < -0.39 is 5.82 Å². The van der Waals surface area contributed by atoms with Crippen LogP contribution in [0.5, 0.6) is 0 Å². The van der Waals surface area contributed by atoms with Crippen LogP contribution in [0.15, 0.2) is 42.5 Å². The second-order valence-electron chi connectivity index (χ2n) is 7.81. The van der Waals surface area contributed by atoms with Gasteiger partial charge in [-0.25, -0.2) is 4.39 Å². The lowest BCUT2D eigenvalue weighted by Gasteiger charge is -2.26. The molecule has 0 unspecified atom stereocenters. The fraction of sp³-hybridized carbons (Fsp3) is 0.391. The van der Waals surface area contributed by atoms with Crippen LogP contribution in [0.3, 0.4) is 0 Å². The standard InChI is InChI=1S/C23H25ClFN3O3.ClH/c24-18-8-7-15(12-19(18)25)22-16(13-26-9-11-31-22)14-27-23(30)17-4-1-2-5-20(17)28-10-3-6-21(28)29;/h1-2,4-5,7-8,12,16,22,26H,3,6,9-11,13-14H2,(H,27,30);1H/t16-,22-;/m0./s1. The quantitative estimate of drug-likeness (QED) is 0.682. The molecule has 2 amide bonds. The van der Waals surface area contributed by atoms with Crippen LogP contribution >= 0.6 is 24.0 Å². The molecule has 2 N–H and O–H groups in total. The zero-order chi connectivity index (χ0) is 21.8. The topological polar surface area (TPSA) is 70.7 Å². The smallest absolute Gasteiger partial charge is 0.253 e. The molecule has 2 aliphatic heterocycles. The van der Waals surface area contributed by atoms with Gasteiger partial charge in [0.15, 0.2) is 0 Å². The normalized spacial score (nSPS) is 21.1. The summed E-state index contributed by atoms with van der Waals surface area (Å²) in [5, 5.41) is 6.35. The SMILES string of the molecule is Cl.O=C(NC[C@@H]1CNCCO[C@H]1c1ccc(Cl)c(F)c1)c1ccccc1N1CCCC1=O. The molecule has 0 spiro atoms. The van der Waals surface area contributed by atoms with Gasteiger partial charge in [-0.2, -0.15) is 0 Å². The van der Waals surface area contributed by atoms with Gasteiger partial charge >= 0.3 is 0 Å². The lowest BCUT2D eigenvalue weighted by atomic mass is 9.95. The third kappa shape index (κ3) is 5.41. The Kier molecular flexibility index (Phi) is 8.48. The second-order valence-corrected chi connectivity index (χ2v) is 8.21. The van der Waals surface area contributed by atoms with Gasteiger partial charge in [0.05, 0.1) is 29.0 Å². The van der Waals surface area contributed by atoms with E-state index in [1.165, 1.54) is 12.1 Å². The fourth-order valence-electron chi connectivity index (χ4n) is 4.15.